The van der Waals surface area contributed by atoms with Crippen LogP contribution in [-0.2, 0) is 14.3 Å². The summed E-state index contributed by atoms with van der Waals surface area (Å²) >= 11 is 2.61. The number of halogens is 1. The van der Waals surface area contributed by atoms with E-state index < -0.39 is 34.8 Å². The third-order valence-electron chi connectivity index (χ3n) is 3.22. The summed E-state index contributed by atoms with van der Waals surface area (Å²) in [7, 11) is 0. The predicted octanol–water partition coefficient (Wildman–Crippen LogP) is -0.0108. The lowest BCUT2D eigenvalue weighted by Crippen LogP contribution is -2.32. The minimum atomic E-state index is -0.728. The Bertz CT molecular complexity index is 646. The average molecular weight is 363 g/mol. The maximum atomic E-state index is 14.2. The number of thioether (sulfide) groups is 2. The summed E-state index contributed by atoms with van der Waals surface area (Å²) in [5, 5.41) is 11.7. The zero-order valence-electron chi connectivity index (χ0n) is 11.8. The Morgan fingerprint density at radius 3 is 2.96 bits per heavy atom. The van der Waals surface area contributed by atoms with Gasteiger partial charge in [-0.05, 0) is 0 Å². The van der Waals surface area contributed by atoms with Crippen LogP contribution in [0.4, 0.5) is 10.2 Å². The molecule has 0 amide bonds. The van der Waals surface area contributed by atoms with Crippen LogP contribution in [0, 0.1) is 5.82 Å². The lowest BCUT2D eigenvalue weighted by molar-refractivity contribution is -0.114. The van der Waals surface area contributed by atoms with Gasteiger partial charge in [0, 0.05) is 11.5 Å². The number of carbonyl (C=O) groups excluding carboxylic acids is 1. The second-order valence-electron chi connectivity index (χ2n) is 4.77. The van der Waals surface area contributed by atoms with Crippen molar-refractivity contribution in [1.82, 2.24) is 9.55 Å². The molecule has 0 spiro atoms. The molecule has 8 nitrogen and oxygen atoms in total. The number of rotatable bonds is 5. The molecule has 126 valence electrons. The van der Waals surface area contributed by atoms with E-state index in [1.807, 2.05) is 0 Å². The number of nitrogens with zero attached hydrogens (tertiary/aromatic N) is 2. The molecule has 0 radical (unpaired) electrons. The molecule has 1 aromatic heterocycles. The molecular weight excluding hydrogens is 349 g/mol. The molecule has 0 bridgehead atoms. The van der Waals surface area contributed by atoms with E-state index in [0.717, 1.165) is 10.8 Å². The summed E-state index contributed by atoms with van der Waals surface area (Å²) in [4.78, 5) is 26.4. The van der Waals surface area contributed by atoms with Gasteiger partial charge < -0.3 is 19.9 Å². The Morgan fingerprint density at radius 1 is 1.48 bits per heavy atom. The molecule has 3 rings (SSSR count). The minimum absolute atomic E-state index is 0.181. The molecule has 2 aliphatic rings. The molecule has 0 aromatic carbocycles. The van der Waals surface area contributed by atoms with Crippen molar-refractivity contribution >= 4 is 35.6 Å². The zero-order valence-corrected chi connectivity index (χ0v) is 13.4. The highest BCUT2D eigenvalue weighted by molar-refractivity contribution is 8.00. The van der Waals surface area contributed by atoms with Crippen LogP contribution in [0.5, 0.6) is 0 Å². The van der Waals surface area contributed by atoms with Gasteiger partial charge >= 0.3 is 5.69 Å². The van der Waals surface area contributed by atoms with Gasteiger partial charge in [-0.2, -0.15) is 4.98 Å². The zero-order chi connectivity index (χ0) is 16.4. The van der Waals surface area contributed by atoms with Gasteiger partial charge in [0.05, 0.1) is 12.8 Å². The largest absolute Gasteiger partial charge is 0.393 e. The maximum Gasteiger partial charge on any atom is 0.351 e. The van der Waals surface area contributed by atoms with Crippen molar-refractivity contribution in [3.05, 3.63) is 22.5 Å². The highest BCUT2D eigenvalue weighted by atomic mass is 32.2. The number of nitrogens with one attached hydrogen (secondary N) is 1. The molecular formula is C12H14FN3O5S2. The predicted molar refractivity (Wildman–Crippen MR) is 82.7 cm³/mol. The molecule has 2 aliphatic heterocycles. The molecule has 23 heavy (non-hydrogen) atoms. The van der Waals surface area contributed by atoms with Gasteiger partial charge in [0.25, 0.3) is 0 Å². The second-order valence-corrected chi connectivity index (χ2v) is 7.09. The first kappa shape index (κ1) is 16.7. The van der Waals surface area contributed by atoms with E-state index in [-0.39, 0.29) is 12.4 Å². The molecule has 0 aliphatic carbocycles. The van der Waals surface area contributed by atoms with Crippen molar-refractivity contribution < 1.29 is 23.8 Å². The van der Waals surface area contributed by atoms with Crippen molar-refractivity contribution in [3.8, 4) is 0 Å². The molecule has 3 heterocycles. The smallest absolute Gasteiger partial charge is 0.351 e. The molecule has 2 fully saturated rings. The summed E-state index contributed by atoms with van der Waals surface area (Å²) in [5.41, 5.74) is -1.71. The summed E-state index contributed by atoms with van der Waals surface area (Å²) in [5.74, 6) is -0.0992. The lowest BCUT2D eigenvalue weighted by atomic mass is 10.4. The van der Waals surface area contributed by atoms with Crippen LogP contribution in [0.15, 0.2) is 11.0 Å². The first-order valence-corrected chi connectivity index (χ1v) is 8.86. The normalized spacial score (nSPS) is 30.5. The summed E-state index contributed by atoms with van der Waals surface area (Å²) < 4.78 is 25.9. The fourth-order valence-electron chi connectivity index (χ4n) is 2.16. The van der Waals surface area contributed by atoms with Gasteiger partial charge in [0.1, 0.15) is 17.9 Å². The Kier molecular flexibility index (Phi) is 5.21. The van der Waals surface area contributed by atoms with E-state index in [2.05, 4.69) is 10.3 Å². The number of aldehydes is 1. The summed E-state index contributed by atoms with van der Waals surface area (Å²) in [6.45, 7) is -0.181. The van der Waals surface area contributed by atoms with Crippen molar-refractivity contribution in [2.75, 3.05) is 23.4 Å². The highest BCUT2D eigenvalue weighted by Crippen LogP contribution is 2.31. The molecule has 4 atom stereocenters. The second kappa shape index (κ2) is 7.18. The third-order valence-corrected chi connectivity index (χ3v) is 5.37. The first-order chi connectivity index (χ1) is 11.1. The monoisotopic (exact) mass is 363 g/mol. The summed E-state index contributed by atoms with van der Waals surface area (Å²) in [6, 6.07) is 0. The number of carbonyl (C=O) groups is 1. The number of anilines is 1. The molecule has 2 saturated heterocycles. The van der Waals surface area contributed by atoms with E-state index >= 15 is 0 Å². The Labute approximate surface area is 138 Å². The third kappa shape index (κ3) is 3.69. The maximum absolute atomic E-state index is 14.2. The standard InChI is InChI=1S/C12H14FN3O5S2/c13-6-1-16(8-5-23-10(3-18)21-8)12(19)15-11(6)14-7-4-22-9(2-17)20-7/h1-2,7-10,18H,3-5H2,(H,14,15,19). The first-order valence-electron chi connectivity index (χ1n) is 6.76. The fourth-order valence-corrected chi connectivity index (χ4v) is 3.91. The molecule has 11 heteroatoms. The lowest BCUT2D eigenvalue weighted by Gasteiger charge is -2.16. The van der Waals surface area contributed by atoms with Crippen LogP contribution in [0.1, 0.15) is 6.23 Å². The quantitative estimate of drug-likeness (QED) is 0.699. The van der Waals surface area contributed by atoms with Gasteiger partial charge in [-0.3, -0.25) is 9.36 Å². The number of aliphatic hydroxyl groups is 1. The minimum Gasteiger partial charge on any atom is -0.393 e. The Morgan fingerprint density at radius 2 is 2.30 bits per heavy atom. The average Bonchev–Trinajstić information content (AvgIpc) is 3.19. The van der Waals surface area contributed by atoms with Gasteiger partial charge in [-0.25, -0.2) is 9.18 Å². The number of ether oxygens (including phenoxy) is 2. The molecule has 4 unspecified atom stereocenters. The molecule has 1 aromatic rings. The van der Waals surface area contributed by atoms with Crippen LogP contribution in [0.2, 0.25) is 0 Å². The van der Waals surface area contributed by atoms with Crippen LogP contribution < -0.4 is 11.0 Å². The molecule has 2 N–H and O–H groups in total. The number of aromatic nitrogens is 2. The van der Waals surface area contributed by atoms with Gasteiger partial charge in [-0.15, -0.1) is 23.5 Å². The van der Waals surface area contributed by atoms with Crippen LogP contribution in [0.25, 0.3) is 0 Å². The van der Waals surface area contributed by atoms with E-state index in [9.17, 15) is 14.0 Å². The number of hydrogen-bond donors (Lipinski definition) is 2. The molecule has 0 saturated carbocycles. The van der Waals surface area contributed by atoms with Crippen molar-refractivity contribution in [3.63, 3.8) is 0 Å². The van der Waals surface area contributed by atoms with Crippen molar-refractivity contribution in [1.29, 1.82) is 0 Å². The highest BCUT2D eigenvalue weighted by Gasteiger charge is 2.30. The SMILES string of the molecule is O=CC1OC(Nc2nc(=O)n(C3CSC(CO)O3)cc2F)CS1. The number of aliphatic hydroxyl groups excluding tert-OH is 1. The summed E-state index contributed by atoms with van der Waals surface area (Å²) in [6.07, 6.45) is 0.408. The van der Waals surface area contributed by atoms with Crippen molar-refractivity contribution in [2.24, 2.45) is 0 Å². The van der Waals surface area contributed by atoms with Gasteiger partial charge in [0.2, 0.25) is 0 Å². The van der Waals surface area contributed by atoms with Crippen LogP contribution in [-0.4, -0.2) is 56.2 Å². The fraction of sp³-hybridized carbons (Fsp3) is 0.583. The Hall–Kier alpha value is -1.14. The van der Waals surface area contributed by atoms with E-state index in [0.29, 0.717) is 17.8 Å². The van der Waals surface area contributed by atoms with Crippen molar-refractivity contribution in [2.45, 2.75) is 23.3 Å². The van der Waals surface area contributed by atoms with Crippen LogP contribution >= 0.6 is 23.5 Å². The Balaban J connectivity index is 1.73. The topological polar surface area (TPSA) is 103 Å². The van der Waals surface area contributed by atoms with E-state index in [4.69, 9.17) is 14.6 Å². The van der Waals surface area contributed by atoms with Gasteiger partial charge in [0.15, 0.2) is 23.4 Å². The van der Waals surface area contributed by atoms with E-state index in [1.165, 1.54) is 23.5 Å². The van der Waals surface area contributed by atoms with Gasteiger partial charge in [-0.1, -0.05) is 0 Å². The number of hydrogen-bond acceptors (Lipinski definition) is 9. The van der Waals surface area contributed by atoms with Crippen LogP contribution in [0.3, 0.4) is 0 Å². The van der Waals surface area contributed by atoms with E-state index in [1.54, 1.807) is 0 Å².